The fourth-order valence-corrected chi connectivity index (χ4v) is 2.39. The SMILES string of the molecule is O=C(O)CC1CCN(C(=O)NCCc2ccccn2)C1. The molecule has 1 atom stereocenters. The fourth-order valence-electron chi connectivity index (χ4n) is 2.39. The van der Waals surface area contributed by atoms with Crippen molar-refractivity contribution in [3.05, 3.63) is 30.1 Å². The van der Waals surface area contributed by atoms with E-state index in [1.54, 1.807) is 11.1 Å². The highest BCUT2D eigenvalue weighted by molar-refractivity contribution is 5.74. The van der Waals surface area contributed by atoms with E-state index in [1.165, 1.54) is 0 Å². The highest BCUT2D eigenvalue weighted by Crippen LogP contribution is 2.19. The molecule has 2 amide bonds. The van der Waals surface area contributed by atoms with Crippen molar-refractivity contribution in [3.63, 3.8) is 0 Å². The molecule has 6 nitrogen and oxygen atoms in total. The minimum Gasteiger partial charge on any atom is -0.481 e. The summed E-state index contributed by atoms with van der Waals surface area (Å²) in [6.07, 6.45) is 3.32. The lowest BCUT2D eigenvalue weighted by Gasteiger charge is -2.17. The minimum atomic E-state index is -0.799. The third kappa shape index (κ3) is 4.22. The Labute approximate surface area is 117 Å². The van der Waals surface area contributed by atoms with Crippen molar-refractivity contribution in [2.24, 2.45) is 5.92 Å². The van der Waals surface area contributed by atoms with Gasteiger partial charge in [0, 0.05) is 44.4 Å². The summed E-state index contributed by atoms with van der Waals surface area (Å²) in [4.78, 5) is 28.4. The van der Waals surface area contributed by atoms with E-state index >= 15 is 0 Å². The number of carboxylic acids is 1. The zero-order valence-corrected chi connectivity index (χ0v) is 11.3. The number of pyridine rings is 1. The normalized spacial score (nSPS) is 18.0. The van der Waals surface area contributed by atoms with Crippen LogP contribution in [0, 0.1) is 5.92 Å². The van der Waals surface area contributed by atoms with Gasteiger partial charge in [0.25, 0.3) is 0 Å². The molecular weight excluding hydrogens is 258 g/mol. The van der Waals surface area contributed by atoms with Crippen LogP contribution in [-0.2, 0) is 11.2 Å². The van der Waals surface area contributed by atoms with Crippen LogP contribution >= 0.6 is 0 Å². The Kier molecular flexibility index (Phi) is 4.92. The number of likely N-dealkylation sites (tertiary alicyclic amines) is 1. The number of carbonyl (C=O) groups excluding carboxylic acids is 1. The first kappa shape index (κ1) is 14.3. The number of hydrogen-bond acceptors (Lipinski definition) is 3. The van der Waals surface area contributed by atoms with Crippen LogP contribution in [0.5, 0.6) is 0 Å². The van der Waals surface area contributed by atoms with Crippen molar-refractivity contribution in [2.75, 3.05) is 19.6 Å². The molecule has 20 heavy (non-hydrogen) atoms. The number of nitrogens with zero attached hydrogens (tertiary/aromatic N) is 2. The summed E-state index contributed by atoms with van der Waals surface area (Å²) in [6.45, 7) is 1.70. The Morgan fingerprint density at radius 2 is 2.30 bits per heavy atom. The second kappa shape index (κ2) is 6.88. The van der Waals surface area contributed by atoms with Crippen molar-refractivity contribution in [1.82, 2.24) is 15.2 Å². The van der Waals surface area contributed by atoms with Gasteiger partial charge in [-0.1, -0.05) is 6.07 Å². The van der Waals surface area contributed by atoms with Gasteiger partial charge in [0.05, 0.1) is 0 Å². The largest absolute Gasteiger partial charge is 0.481 e. The Morgan fingerprint density at radius 3 is 3.00 bits per heavy atom. The molecule has 1 aliphatic rings. The van der Waals surface area contributed by atoms with E-state index in [0.29, 0.717) is 26.1 Å². The average Bonchev–Trinajstić information content (AvgIpc) is 2.87. The van der Waals surface area contributed by atoms with Crippen molar-refractivity contribution in [1.29, 1.82) is 0 Å². The van der Waals surface area contributed by atoms with Crippen LogP contribution in [-0.4, -0.2) is 46.6 Å². The van der Waals surface area contributed by atoms with E-state index in [1.807, 2.05) is 18.2 Å². The number of urea groups is 1. The molecule has 1 aromatic heterocycles. The lowest BCUT2D eigenvalue weighted by molar-refractivity contribution is -0.138. The Hall–Kier alpha value is -2.11. The molecule has 0 saturated carbocycles. The summed E-state index contributed by atoms with van der Waals surface area (Å²) in [5.74, 6) is -0.721. The van der Waals surface area contributed by atoms with E-state index in [-0.39, 0.29) is 18.4 Å². The van der Waals surface area contributed by atoms with Crippen molar-refractivity contribution in [3.8, 4) is 0 Å². The van der Waals surface area contributed by atoms with E-state index in [0.717, 1.165) is 12.1 Å². The molecule has 0 aromatic carbocycles. The van der Waals surface area contributed by atoms with Gasteiger partial charge in [-0.25, -0.2) is 4.79 Å². The van der Waals surface area contributed by atoms with Gasteiger partial charge in [-0.2, -0.15) is 0 Å². The van der Waals surface area contributed by atoms with Crippen LogP contribution in [0.3, 0.4) is 0 Å². The Morgan fingerprint density at radius 1 is 1.45 bits per heavy atom. The molecular formula is C14H19N3O3. The van der Waals surface area contributed by atoms with Gasteiger partial charge in [0.2, 0.25) is 0 Å². The first-order chi connectivity index (χ1) is 9.65. The molecule has 2 N–H and O–H groups in total. The first-order valence-corrected chi connectivity index (χ1v) is 6.79. The third-order valence-corrected chi connectivity index (χ3v) is 3.42. The molecule has 0 radical (unpaired) electrons. The number of nitrogens with one attached hydrogen (secondary N) is 1. The molecule has 0 bridgehead atoms. The maximum Gasteiger partial charge on any atom is 0.317 e. The zero-order chi connectivity index (χ0) is 14.4. The van der Waals surface area contributed by atoms with E-state index < -0.39 is 5.97 Å². The highest BCUT2D eigenvalue weighted by atomic mass is 16.4. The van der Waals surface area contributed by atoms with Crippen molar-refractivity contribution in [2.45, 2.75) is 19.3 Å². The van der Waals surface area contributed by atoms with Crippen molar-refractivity contribution >= 4 is 12.0 Å². The maximum atomic E-state index is 11.9. The number of rotatable bonds is 5. The van der Waals surface area contributed by atoms with E-state index in [9.17, 15) is 9.59 Å². The quantitative estimate of drug-likeness (QED) is 0.845. The lowest BCUT2D eigenvalue weighted by atomic mass is 10.1. The fraction of sp³-hybridized carbons (Fsp3) is 0.500. The summed E-state index contributed by atoms with van der Waals surface area (Å²) in [7, 11) is 0. The number of aromatic nitrogens is 1. The number of aliphatic carboxylic acids is 1. The molecule has 1 saturated heterocycles. The van der Waals surface area contributed by atoms with Crippen LogP contribution in [0.15, 0.2) is 24.4 Å². The van der Waals surface area contributed by atoms with E-state index in [4.69, 9.17) is 5.11 Å². The standard InChI is InChI=1S/C14H19N3O3/c18-13(19)9-11-5-8-17(10-11)14(20)16-7-4-12-3-1-2-6-15-12/h1-3,6,11H,4-5,7-10H2,(H,16,20)(H,18,19). The molecule has 2 heterocycles. The monoisotopic (exact) mass is 277 g/mol. The smallest absolute Gasteiger partial charge is 0.317 e. The molecule has 2 rings (SSSR count). The highest BCUT2D eigenvalue weighted by Gasteiger charge is 2.27. The van der Waals surface area contributed by atoms with Crippen LogP contribution in [0.1, 0.15) is 18.5 Å². The number of hydrogen-bond donors (Lipinski definition) is 2. The summed E-state index contributed by atoms with van der Waals surface area (Å²) in [5, 5.41) is 11.6. The summed E-state index contributed by atoms with van der Waals surface area (Å²) >= 11 is 0. The second-order valence-corrected chi connectivity index (χ2v) is 5.00. The second-order valence-electron chi connectivity index (χ2n) is 5.00. The molecule has 0 spiro atoms. The first-order valence-electron chi connectivity index (χ1n) is 6.79. The number of amides is 2. The summed E-state index contributed by atoms with van der Waals surface area (Å²) in [5.41, 5.74) is 0.943. The molecule has 108 valence electrons. The van der Waals surface area contributed by atoms with Crippen LogP contribution in [0.4, 0.5) is 4.79 Å². The summed E-state index contributed by atoms with van der Waals surface area (Å²) in [6, 6.07) is 5.58. The summed E-state index contributed by atoms with van der Waals surface area (Å²) < 4.78 is 0. The van der Waals surface area contributed by atoms with Gasteiger partial charge in [0.15, 0.2) is 0 Å². The van der Waals surface area contributed by atoms with E-state index in [2.05, 4.69) is 10.3 Å². The minimum absolute atomic E-state index is 0.0778. The number of carbonyl (C=O) groups is 2. The molecule has 1 fully saturated rings. The maximum absolute atomic E-state index is 11.9. The lowest BCUT2D eigenvalue weighted by Crippen LogP contribution is -2.39. The topological polar surface area (TPSA) is 82.5 Å². The molecule has 1 aromatic rings. The van der Waals surface area contributed by atoms with Gasteiger partial charge in [0.1, 0.15) is 0 Å². The number of carboxylic acid groups (broad SMARTS) is 1. The predicted octanol–water partition coefficient (Wildman–Crippen LogP) is 1.13. The van der Waals surface area contributed by atoms with Gasteiger partial charge in [-0.05, 0) is 24.5 Å². The predicted molar refractivity (Wildman–Crippen MR) is 73.3 cm³/mol. The Bertz CT molecular complexity index is 464. The molecule has 1 unspecified atom stereocenters. The molecule has 0 aliphatic carbocycles. The van der Waals surface area contributed by atoms with Crippen LogP contribution in [0.2, 0.25) is 0 Å². The van der Waals surface area contributed by atoms with Gasteiger partial charge >= 0.3 is 12.0 Å². The Balaban J connectivity index is 1.69. The zero-order valence-electron chi connectivity index (χ0n) is 11.3. The average molecular weight is 277 g/mol. The molecule has 1 aliphatic heterocycles. The third-order valence-electron chi connectivity index (χ3n) is 3.42. The van der Waals surface area contributed by atoms with Gasteiger partial charge < -0.3 is 15.3 Å². The van der Waals surface area contributed by atoms with Gasteiger partial charge in [-0.3, -0.25) is 9.78 Å². The van der Waals surface area contributed by atoms with Crippen LogP contribution in [0.25, 0.3) is 0 Å². The molecule has 6 heteroatoms. The van der Waals surface area contributed by atoms with Gasteiger partial charge in [-0.15, -0.1) is 0 Å². The van der Waals surface area contributed by atoms with Crippen LogP contribution < -0.4 is 5.32 Å². The van der Waals surface area contributed by atoms with Crippen molar-refractivity contribution < 1.29 is 14.7 Å².